The van der Waals surface area contributed by atoms with Crippen molar-refractivity contribution < 1.29 is 9.90 Å². The van der Waals surface area contributed by atoms with Gasteiger partial charge in [0.05, 0.1) is 0 Å². The standard InChI is InChI=1S/C7H8N2O2S2/c1-5(6(10)11)2-3-12-7-8-4-9-13-7/h2,4H,3H2,1H3,(H,10,11). The largest absolute Gasteiger partial charge is 0.478 e. The van der Waals surface area contributed by atoms with Gasteiger partial charge in [-0.05, 0) is 18.5 Å². The Morgan fingerprint density at radius 3 is 3.15 bits per heavy atom. The first-order chi connectivity index (χ1) is 6.20. The van der Waals surface area contributed by atoms with Crippen LogP contribution in [0.3, 0.4) is 0 Å². The normalized spacial score (nSPS) is 11.6. The Balaban J connectivity index is 2.36. The molecule has 0 aliphatic carbocycles. The summed E-state index contributed by atoms with van der Waals surface area (Å²) in [6.07, 6.45) is 3.15. The zero-order valence-corrected chi connectivity index (χ0v) is 8.56. The number of thioether (sulfide) groups is 1. The molecule has 13 heavy (non-hydrogen) atoms. The summed E-state index contributed by atoms with van der Waals surface area (Å²) in [5, 5.41) is 8.54. The Kier molecular flexibility index (Phi) is 3.91. The Hall–Kier alpha value is -0.880. The van der Waals surface area contributed by atoms with E-state index in [-0.39, 0.29) is 0 Å². The summed E-state index contributed by atoms with van der Waals surface area (Å²) in [5.74, 6) is -0.259. The smallest absolute Gasteiger partial charge is 0.330 e. The van der Waals surface area contributed by atoms with Crippen molar-refractivity contribution in [2.45, 2.75) is 11.3 Å². The molecule has 1 N–H and O–H groups in total. The zero-order chi connectivity index (χ0) is 9.68. The summed E-state index contributed by atoms with van der Waals surface area (Å²) in [4.78, 5) is 14.3. The Labute approximate surface area is 83.9 Å². The van der Waals surface area contributed by atoms with Gasteiger partial charge in [0.2, 0.25) is 0 Å². The summed E-state index contributed by atoms with van der Waals surface area (Å²) in [6.45, 7) is 1.57. The van der Waals surface area contributed by atoms with Crippen molar-refractivity contribution in [2.75, 3.05) is 5.75 Å². The average molecular weight is 216 g/mol. The number of carboxylic acids is 1. The highest BCUT2D eigenvalue weighted by Gasteiger charge is 1.99. The van der Waals surface area contributed by atoms with Crippen LogP contribution < -0.4 is 0 Å². The molecule has 0 fully saturated rings. The first-order valence-electron chi connectivity index (χ1n) is 3.49. The molecule has 0 aliphatic heterocycles. The molecule has 0 amide bonds. The SMILES string of the molecule is CC(=CCSc1ncns1)C(=O)O. The lowest BCUT2D eigenvalue weighted by Crippen LogP contribution is -1.96. The van der Waals surface area contributed by atoms with Crippen molar-refractivity contribution >= 4 is 29.3 Å². The van der Waals surface area contributed by atoms with Gasteiger partial charge >= 0.3 is 5.97 Å². The topological polar surface area (TPSA) is 63.1 Å². The third kappa shape index (κ3) is 3.56. The lowest BCUT2D eigenvalue weighted by Gasteiger charge is -1.92. The van der Waals surface area contributed by atoms with E-state index in [1.165, 1.54) is 29.6 Å². The van der Waals surface area contributed by atoms with Gasteiger partial charge in [-0.3, -0.25) is 0 Å². The Bertz CT molecular complexity index is 308. The van der Waals surface area contributed by atoms with Crippen LogP contribution >= 0.6 is 23.3 Å². The fourth-order valence-electron chi connectivity index (χ4n) is 0.552. The van der Waals surface area contributed by atoms with E-state index in [4.69, 9.17) is 5.11 Å². The summed E-state index contributed by atoms with van der Waals surface area (Å²) in [7, 11) is 0. The van der Waals surface area contributed by atoms with Gasteiger partial charge in [-0.2, -0.15) is 4.37 Å². The third-order valence-electron chi connectivity index (χ3n) is 1.27. The highest BCUT2D eigenvalue weighted by molar-refractivity contribution is 8.01. The van der Waals surface area contributed by atoms with Crippen LogP contribution in [0.4, 0.5) is 0 Å². The van der Waals surface area contributed by atoms with Gasteiger partial charge in [0.1, 0.15) is 6.33 Å². The van der Waals surface area contributed by atoms with Crippen molar-refractivity contribution in [1.29, 1.82) is 0 Å². The Morgan fingerprint density at radius 1 is 1.85 bits per heavy atom. The third-order valence-corrected chi connectivity index (χ3v) is 3.00. The van der Waals surface area contributed by atoms with Gasteiger partial charge in [-0.1, -0.05) is 17.8 Å². The monoisotopic (exact) mass is 216 g/mol. The lowest BCUT2D eigenvalue weighted by atomic mass is 10.3. The van der Waals surface area contributed by atoms with E-state index in [1.54, 1.807) is 13.0 Å². The molecule has 0 aliphatic rings. The van der Waals surface area contributed by atoms with E-state index >= 15 is 0 Å². The second-order valence-electron chi connectivity index (χ2n) is 2.21. The summed E-state index contributed by atoms with van der Waals surface area (Å²) in [5.41, 5.74) is 0.358. The number of hydrogen-bond acceptors (Lipinski definition) is 5. The fraction of sp³-hybridized carbons (Fsp3) is 0.286. The average Bonchev–Trinajstić information content (AvgIpc) is 2.56. The maximum atomic E-state index is 10.4. The molecule has 6 heteroatoms. The summed E-state index contributed by atoms with van der Waals surface area (Å²) < 4.78 is 4.68. The van der Waals surface area contributed by atoms with Gasteiger partial charge in [-0.25, -0.2) is 9.78 Å². The highest BCUT2D eigenvalue weighted by Crippen LogP contribution is 2.18. The number of aliphatic carboxylic acids is 1. The first kappa shape index (κ1) is 10.2. The zero-order valence-electron chi connectivity index (χ0n) is 6.93. The van der Waals surface area contributed by atoms with E-state index in [0.29, 0.717) is 11.3 Å². The van der Waals surface area contributed by atoms with Crippen LogP contribution in [-0.2, 0) is 4.79 Å². The molecule has 0 saturated heterocycles. The number of nitrogens with zero attached hydrogens (tertiary/aromatic N) is 2. The molecular formula is C7H8N2O2S2. The van der Waals surface area contributed by atoms with Gasteiger partial charge < -0.3 is 5.11 Å². The molecule has 0 atom stereocenters. The van der Waals surface area contributed by atoms with Crippen molar-refractivity contribution in [3.8, 4) is 0 Å². The number of aromatic nitrogens is 2. The van der Waals surface area contributed by atoms with Crippen molar-refractivity contribution in [1.82, 2.24) is 9.36 Å². The Morgan fingerprint density at radius 2 is 2.62 bits per heavy atom. The molecule has 70 valence electrons. The van der Waals surface area contributed by atoms with Crippen molar-refractivity contribution in [2.24, 2.45) is 0 Å². The molecule has 0 radical (unpaired) electrons. The number of carbonyl (C=O) groups is 1. The molecule has 0 saturated carbocycles. The van der Waals surface area contributed by atoms with Crippen LogP contribution in [0.25, 0.3) is 0 Å². The van der Waals surface area contributed by atoms with E-state index in [1.807, 2.05) is 0 Å². The maximum Gasteiger partial charge on any atom is 0.330 e. The number of hydrogen-bond donors (Lipinski definition) is 1. The first-order valence-corrected chi connectivity index (χ1v) is 5.25. The molecule has 0 bridgehead atoms. The minimum absolute atomic E-state index is 0.358. The molecule has 1 aromatic heterocycles. The predicted octanol–water partition coefficient (Wildman–Crippen LogP) is 1.66. The molecular weight excluding hydrogens is 208 g/mol. The van der Waals surface area contributed by atoms with E-state index < -0.39 is 5.97 Å². The van der Waals surface area contributed by atoms with Crippen LogP contribution in [-0.4, -0.2) is 26.2 Å². The fourth-order valence-corrected chi connectivity index (χ4v) is 1.97. The molecule has 1 aromatic rings. The van der Waals surface area contributed by atoms with Gasteiger partial charge in [0, 0.05) is 11.3 Å². The summed E-state index contributed by atoms with van der Waals surface area (Å²) in [6, 6.07) is 0. The lowest BCUT2D eigenvalue weighted by molar-refractivity contribution is -0.132. The van der Waals surface area contributed by atoms with Crippen molar-refractivity contribution in [3.63, 3.8) is 0 Å². The van der Waals surface area contributed by atoms with E-state index in [2.05, 4.69) is 9.36 Å². The van der Waals surface area contributed by atoms with Gasteiger partial charge in [0.15, 0.2) is 4.34 Å². The van der Waals surface area contributed by atoms with E-state index in [9.17, 15) is 4.79 Å². The van der Waals surface area contributed by atoms with Crippen LogP contribution in [0.15, 0.2) is 22.3 Å². The minimum atomic E-state index is -0.877. The minimum Gasteiger partial charge on any atom is -0.478 e. The van der Waals surface area contributed by atoms with Crippen LogP contribution in [0.2, 0.25) is 0 Å². The number of rotatable bonds is 4. The van der Waals surface area contributed by atoms with Crippen LogP contribution in [0, 0.1) is 0 Å². The molecule has 0 unspecified atom stereocenters. The molecule has 1 rings (SSSR count). The van der Waals surface area contributed by atoms with Crippen molar-refractivity contribution in [3.05, 3.63) is 18.0 Å². The molecule has 0 aromatic carbocycles. The summed E-state index contributed by atoms with van der Waals surface area (Å²) >= 11 is 2.79. The van der Waals surface area contributed by atoms with Gasteiger partial charge in [0.25, 0.3) is 0 Å². The second-order valence-corrected chi connectivity index (χ2v) is 4.26. The number of carboxylic acid groups (broad SMARTS) is 1. The van der Waals surface area contributed by atoms with Crippen LogP contribution in [0.1, 0.15) is 6.92 Å². The van der Waals surface area contributed by atoms with Gasteiger partial charge in [-0.15, -0.1) is 0 Å². The molecule has 0 spiro atoms. The highest BCUT2D eigenvalue weighted by atomic mass is 32.2. The predicted molar refractivity (Wildman–Crippen MR) is 52.0 cm³/mol. The molecule has 4 nitrogen and oxygen atoms in total. The molecule has 1 heterocycles. The van der Waals surface area contributed by atoms with Crippen LogP contribution in [0.5, 0.6) is 0 Å². The quantitative estimate of drug-likeness (QED) is 0.612. The maximum absolute atomic E-state index is 10.4. The van der Waals surface area contributed by atoms with E-state index in [0.717, 1.165) is 4.34 Å². The second kappa shape index (κ2) is 4.98.